The molecule has 2 fully saturated rings. The smallest absolute Gasteiger partial charge is 0.303 e. The number of aryl methyl sites for hydroxylation is 1. The molecule has 166 valence electrons. The molecule has 0 saturated carbocycles. The quantitative estimate of drug-likeness (QED) is 0.709. The number of esters is 1. The van der Waals surface area contributed by atoms with Crippen LogP contribution in [0.2, 0.25) is 0 Å². The molecule has 7 nitrogen and oxygen atoms in total. The Kier molecular flexibility index (Phi) is 5.31. The van der Waals surface area contributed by atoms with Crippen molar-refractivity contribution in [1.82, 2.24) is 14.4 Å². The van der Waals surface area contributed by atoms with Gasteiger partial charge >= 0.3 is 5.97 Å². The van der Waals surface area contributed by atoms with Crippen molar-refractivity contribution in [2.75, 3.05) is 26.2 Å². The Hall–Kier alpha value is -2.83. The minimum absolute atomic E-state index is 0.0394. The number of ether oxygens (including phenoxy) is 1. The molecule has 0 atom stereocenters. The number of aromatic nitrogens is 1. The lowest BCUT2D eigenvalue weighted by molar-refractivity contribution is -0.168. The van der Waals surface area contributed by atoms with Crippen LogP contribution >= 0.6 is 0 Å². The molecular weight excluding hydrogens is 394 g/mol. The molecule has 0 N–H and O–H groups in total. The Labute approximate surface area is 182 Å². The zero-order valence-corrected chi connectivity index (χ0v) is 18.8. The van der Waals surface area contributed by atoms with Gasteiger partial charge in [0.25, 0.3) is 11.8 Å². The molecule has 2 aliphatic heterocycles. The van der Waals surface area contributed by atoms with Gasteiger partial charge in [0.2, 0.25) is 0 Å². The SMILES string of the molecule is CC(=O)OC(C)(C)C(=O)N1CCC2(CCN(C(=O)c3cc4ccccc4n3C)CC2)C1. The van der Waals surface area contributed by atoms with Crippen molar-refractivity contribution < 1.29 is 19.1 Å². The van der Waals surface area contributed by atoms with Crippen LogP contribution in [0.3, 0.4) is 0 Å². The molecule has 3 heterocycles. The summed E-state index contributed by atoms with van der Waals surface area (Å²) in [4.78, 5) is 41.2. The van der Waals surface area contributed by atoms with Gasteiger partial charge in [-0.2, -0.15) is 0 Å². The number of hydrogen-bond donors (Lipinski definition) is 0. The predicted octanol–water partition coefficient (Wildman–Crippen LogP) is 2.97. The third kappa shape index (κ3) is 3.93. The maximum Gasteiger partial charge on any atom is 0.303 e. The highest BCUT2D eigenvalue weighted by Crippen LogP contribution is 2.41. The molecule has 2 amide bonds. The average molecular weight is 426 g/mol. The minimum Gasteiger partial charge on any atom is -0.450 e. The summed E-state index contributed by atoms with van der Waals surface area (Å²) < 4.78 is 7.20. The highest BCUT2D eigenvalue weighted by molar-refractivity contribution is 5.98. The fraction of sp³-hybridized carbons (Fsp3) is 0.542. The third-order valence-corrected chi connectivity index (χ3v) is 6.92. The molecular formula is C24H31N3O4. The van der Waals surface area contributed by atoms with Gasteiger partial charge in [-0.25, -0.2) is 0 Å². The summed E-state index contributed by atoms with van der Waals surface area (Å²) in [6.45, 7) is 7.32. The van der Waals surface area contributed by atoms with Crippen molar-refractivity contribution in [2.24, 2.45) is 12.5 Å². The van der Waals surface area contributed by atoms with Gasteiger partial charge in [-0.3, -0.25) is 14.4 Å². The number of para-hydroxylation sites is 1. The number of rotatable bonds is 3. The van der Waals surface area contributed by atoms with E-state index in [0.717, 1.165) is 30.2 Å². The van der Waals surface area contributed by atoms with E-state index in [2.05, 4.69) is 0 Å². The zero-order chi connectivity index (χ0) is 22.4. The fourth-order valence-electron chi connectivity index (χ4n) is 5.14. The average Bonchev–Trinajstić information content (AvgIpc) is 3.28. The first-order chi connectivity index (χ1) is 14.6. The fourth-order valence-corrected chi connectivity index (χ4v) is 5.14. The van der Waals surface area contributed by atoms with Crippen molar-refractivity contribution >= 4 is 28.7 Å². The van der Waals surface area contributed by atoms with E-state index in [-0.39, 0.29) is 17.2 Å². The van der Waals surface area contributed by atoms with Crippen molar-refractivity contribution in [3.63, 3.8) is 0 Å². The second-order valence-corrected chi connectivity index (χ2v) is 9.52. The van der Waals surface area contributed by atoms with Crippen LogP contribution in [-0.2, 0) is 21.4 Å². The number of benzene rings is 1. The van der Waals surface area contributed by atoms with E-state index in [4.69, 9.17) is 4.74 Å². The van der Waals surface area contributed by atoms with Crippen molar-refractivity contribution in [3.05, 3.63) is 36.0 Å². The van der Waals surface area contributed by atoms with E-state index in [9.17, 15) is 14.4 Å². The van der Waals surface area contributed by atoms with Crippen LogP contribution < -0.4 is 0 Å². The molecule has 2 aliphatic rings. The molecule has 1 aromatic heterocycles. The van der Waals surface area contributed by atoms with Crippen LogP contribution in [0.25, 0.3) is 10.9 Å². The number of carbonyl (C=O) groups is 3. The maximum absolute atomic E-state index is 13.2. The highest BCUT2D eigenvalue weighted by Gasteiger charge is 2.46. The number of piperidine rings is 1. The molecule has 0 aliphatic carbocycles. The Balaban J connectivity index is 1.40. The molecule has 7 heteroatoms. The minimum atomic E-state index is -1.15. The number of carbonyl (C=O) groups excluding carboxylic acids is 3. The van der Waals surface area contributed by atoms with Crippen LogP contribution in [-0.4, -0.2) is 63.9 Å². The van der Waals surface area contributed by atoms with E-state index in [1.54, 1.807) is 13.8 Å². The van der Waals surface area contributed by atoms with E-state index >= 15 is 0 Å². The van der Waals surface area contributed by atoms with Gasteiger partial charge < -0.3 is 19.1 Å². The summed E-state index contributed by atoms with van der Waals surface area (Å²) in [5.74, 6) is -0.531. The standard InChI is InChI=1S/C24H31N3O4/c1-17(28)31-23(2,3)22(30)27-14-11-24(16-27)9-12-26(13-10-24)21(29)20-15-18-7-5-6-8-19(18)25(20)4/h5-8,15H,9-14,16H2,1-4H3. The molecule has 1 spiro atoms. The zero-order valence-electron chi connectivity index (χ0n) is 18.8. The lowest BCUT2D eigenvalue weighted by Crippen LogP contribution is -2.49. The van der Waals surface area contributed by atoms with Crippen LogP contribution in [0.1, 0.15) is 50.5 Å². The number of fused-ring (bicyclic) bond motifs is 1. The summed E-state index contributed by atoms with van der Waals surface area (Å²) in [6.07, 6.45) is 2.67. The molecule has 31 heavy (non-hydrogen) atoms. The number of likely N-dealkylation sites (tertiary alicyclic amines) is 2. The van der Waals surface area contributed by atoms with Crippen molar-refractivity contribution in [3.8, 4) is 0 Å². The first-order valence-electron chi connectivity index (χ1n) is 10.9. The van der Waals surface area contributed by atoms with Gasteiger partial charge in [-0.1, -0.05) is 18.2 Å². The van der Waals surface area contributed by atoms with Crippen LogP contribution in [0, 0.1) is 5.41 Å². The highest BCUT2D eigenvalue weighted by atomic mass is 16.6. The third-order valence-electron chi connectivity index (χ3n) is 6.92. The molecule has 0 radical (unpaired) electrons. The van der Waals surface area contributed by atoms with E-state index in [1.165, 1.54) is 6.92 Å². The first kappa shape index (κ1) is 21.4. The van der Waals surface area contributed by atoms with Gasteiger partial charge in [0.1, 0.15) is 5.69 Å². The van der Waals surface area contributed by atoms with Gasteiger partial charge in [-0.05, 0) is 50.7 Å². The van der Waals surface area contributed by atoms with E-state index < -0.39 is 11.6 Å². The van der Waals surface area contributed by atoms with Crippen LogP contribution in [0.5, 0.6) is 0 Å². The lowest BCUT2D eigenvalue weighted by Gasteiger charge is -2.39. The molecule has 1 aromatic carbocycles. The Morgan fingerprint density at radius 3 is 2.23 bits per heavy atom. The summed E-state index contributed by atoms with van der Waals surface area (Å²) >= 11 is 0. The number of nitrogens with zero attached hydrogens (tertiary/aromatic N) is 3. The Morgan fingerprint density at radius 2 is 1.61 bits per heavy atom. The molecule has 0 unspecified atom stereocenters. The van der Waals surface area contributed by atoms with Crippen molar-refractivity contribution in [1.29, 1.82) is 0 Å². The van der Waals surface area contributed by atoms with E-state index in [0.29, 0.717) is 31.9 Å². The van der Waals surface area contributed by atoms with Crippen molar-refractivity contribution in [2.45, 2.75) is 45.6 Å². The Bertz CT molecular complexity index is 1030. The summed E-state index contributed by atoms with van der Waals surface area (Å²) in [5, 5.41) is 1.07. The lowest BCUT2D eigenvalue weighted by atomic mass is 9.77. The summed E-state index contributed by atoms with van der Waals surface area (Å²) in [7, 11) is 1.94. The molecule has 4 rings (SSSR count). The summed E-state index contributed by atoms with van der Waals surface area (Å²) in [6, 6.07) is 9.99. The summed E-state index contributed by atoms with van der Waals surface area (Å²) in [5.41, 5.74) is 0.656. The van der Waals surface area contributed by atoms with Gasteiger partial charge in [0, 0.05) is 51.1 Å². The molecule has 2 saturated heterocycles. The predicted molar refractivity (Wildman–Crippen MR) is 118 cm³/mol. The second kappa shape index (κ2) is 7.70. The largest absolute Gasteiger partial charge is 0.450 e. The second-order valence-electron chi connectivity index (χ2n) is 9.52. The van der Waals surface area contributed by atoms with Gasteiger partial charge in [0.15, 0.2) is 5.60 Å². The van der Waals surface area contributed by atoms with E-state index in [1.807, 2.05) is 51.7 Å². The maximum atomic E-state index is 13.2. The molecule has 0 bridgehead atoms. The normalized spacial score (nSPS) is 18.6. The number of amides is 2. The Morgan fingerprint density at radius 1 is 1.00 bits per heavy atom. The molecule has 2 aromatic rings. The van der Waals surface area contributed by atoms with Crippen LogP contribution in [0.4, 0.5) is 0 Å². The van der Waals surface area contributed by atoms with Gasteiger partial charge in [0.05, 0.1) is 0 Å². The monoisotopic (exact) mass is 425 g/mol. The first-order valence-corrected chi connectivity index (χ1v) is 10.9. The van der Waals surface area contributed by atoms with Gasteiger partial charge in [-0.15, -0.1) is 0 Å². The number of hydrogen-bond acceptors (Lipinski definition) is 4. The topological polar surface area (TPSA) is 71.9 Å². The van der Waals surface area contributed by atoms with Crippen LogP contribution in [0.15, 0.2) is 30.3 Å².